The van der Waals surface area contributed by atoms with Crippen molar-refractivity contribution in [2.24, 2.45) is 5.92 Å². The van der Waals surface area contributed by atoms with Crippen LogP contribution in [0, 0.1) is 17.6 Å². The first-order valence-corrected chi connectivity index (χ1v) is 8.11. The van der Waals surface area contributed by atoms with E-state index in [-0.39, 0.29) is 29.9 Å². The molecular formula is C19H17F2NO4. The fraction of sp³-hybridized carbons (Fsp3) is 0.263. The van der Waals surface area contributed by atoms with Gasteiger partial charge in [0.05, 0.1) is 0 Å². The van der Waals surface area contributed by atoms with Gasteiger partial charge in [0.1, 0.15) is 5.75 Å². The predicted octanol–water partition coefficient (Wildman–Crippen LogP) is 2.85. The van der Waals surface area contributed by atoms with Crippen LogP contribution in [-0.4, -0.2) is 23.6 Å². The number of aliphatic carboxylic acids is 1. The molecule has 7 heteroatoms. The van der Waals surface area contributed by atoms with Gasteiger partial charge in [-0.25, -0.2) is 13.6 Å². The van der Waals surface area contributed by atoms with E-state index in [0.29, 0.717) is 12.2 Å². The number of carboxylic acids is 1. The molecule has 2 aromatic carbocycles. The van der Waals surface area contributed by atoms with Crippen molar-refractivity contribution in [2.45, 2.75) is 18.9 Å². The summed E-state index contributed by atoms with van der Waals surface area (Å²) in [6.07, 6.45) is 0.480. The largest absolute Gasteiger partial charge is 0.482 e. The molecule has 0 bridgehead atoms. The number of benzene rings is 2. The van der Waals surface area contributed by atoms with Crippen molar-refractivity contribution in [1.82, 2.24) is 5.32 Å². The van der Waals surface area contributed by atoms with Crippen LogP contribution in [0.15, 0.2) is 42.5 Å². The topological polar surface area (TPSA) is 75.6 Å². The highest BCUT2D eigenvalue weighted by Crippen LogP contribution is 2.48. The Hall–Kier alpha value is -2.96. The molecule has 1 aliphatic carbocycles. The SMILES string of the molecule is O=C(O)COc1cccc(CNC(=O)[C@H]2C[C@H]2c2cccc(F)c2F)c1. The highest BCUT2D eigenvalue weighted by Gasteiger charge is 2.45. The van der Waals surface area contributed by atoms with Gasteiger partial charge in [-0.1, -0.05) is 24.3 Å². The van der Waals surface area contributed by atoms with Gasteiger partial charge in [0.2, 0.25) is 5.91 Å². The second-order valence-electron chi connectivity index (χ2n) is 6.14. The van der Waals surface area contributed by atoms with Crippen molar-refractivity contribution >= 4 is 11.9 Å². The van der Waals surface area contributed by atoms with Crippen LogP contribution in [0.5, 0.6) is 5.75 Å². The number of hydrogen-bond donors (Lipinski definition) is 2. The highest BCUT2D eigenvalue weighted by molar-refractivity contribution is 5.82. The van der Waals surface area contributed by atoms with Gasteiger partial charge in [-0.15, -0.1) is 0 Å². The molecule has 0 aliphatic heterocycles. The highest BCUT2D eigenvalue weighted by atomic mass is 19.2. The van der Waals surface area contributed by atoms with E-state index in [2.05, 4.69) is 5.32 Å². The van der Waals surface area contributed by atoms with Crippen molar-refractivity contribution in [2.75, 3.05) is 6.61 Å². The van der Waals surface area contributed by atoms with Crippen molar-refractivity contribution in [3.63, 3.8) is 0 Å². The number of halogens is 2. The maximum absolute atomic E-state index is 13.8. The molecule has 136 valence electrons. The van der Waals surface area contributed by atoms with Crippen LogP contribution < -0.4 is 10.1 Å². The van der Waals surface area contributed by atoms with Crippen molar-refractivity contribution in [3.05, 3.63) is 65.2 Å². The molecule has 5 nitrogen and oxygen atoms in total. The van der Waals surface area contributed by atoms with Gasteiger partial charge in [-0.05, 0) is 41.7 Å². The summed E-state index contributed by atoms with van der Waals surface area (Å²) in [6, 6.07) is 10.7. The number of carbonyl (C=O) groups is 2. The maximum Gasteiger partial charge on any atom is 0.341 e. The van der Waals surface area contributed by atoms with Gasteiger partial charge in [-0.3, -0.25) is 4.79 Å². The van der Waals surface area contributed by atoms with Crippen LogP contribution in [0.3, 0.4) is 0 Å². The Morgan fingerprint density at radius 1 is 1.19 bits per heavy atom. The van der Waals surface area contributed by atoms with Crippen molar-refractivity contribution < 1.29 is 28.2 Å². The molecule has 2 atom stereocenters. The van der Waals surface area contributed by atoms with Gasteiger partial charge >= 0.3 is 5.97 Å². The third-order valence-electron chi connectivity index (χ3n) is 4.24. The van der Waals surface area contributed by atoms with E-state index in [0.717, 1.165) is 11.6 Å². The minimum Gasteiger partial charge on any atom is -0.482 e. The van der Waals surface area contributed by atoms with E-state index in [1.807, 2.05) is 0 Å². The molecule has 0 spiro atoms. The lowest BCUT2D eigenvalue weighted by atomic mass is 10.1. The Morgan fingerprint density at radius 3 is 2.73 bits per heavy atom. The average molecular weight is 361 g/mol. The summed E-state index contributed by atoms with van der Waals surface area (Å²) >= 11 is 0. The van der Waals surface area contributed by atoms with Gasteiger partial charge in [-0.2, -0.15) is 0 Å². The molecule has 0 saturated heterocycles. The second-order valence-corrected chi connectivity index (χ2v) is 6.14. The van der Waals surface area contributed by atoms with Crippen LogP contribution in [0.2, 0.25) is 0 Å². The molecule has 26 heavy (non-hydrogen) atoms. The fourth-order valence-corrected chi connectivity index (χ4v) is 2.85. The summed E-state index contributed by atoms with van der Waals surface area (Å²) in [5.74, 6) is -3.40. The first-order valence-electron chi connectivity index (χ1n) is 8.11. The molecule has 1 amide bonds. The zero-order valence-corrected chi connectivity index (χ0v) is 13.7. The Kier molecular flexibility index (Phi) is 5.16. The number of amides is 1. The van der Waals surface area contributed by atoms with Crippen LogP contribution in [0.1, 0.15) is 23.5 Å². The van der Waals surface area contributed by atoms with Crippen molar-refractivity contribution in [3.8, 4) is 5.75 Å². The van der Waals surface area contributed by atoms with Crippen LogP contribution in [0.25, 0.3) is 0 Å². The average Bonchev–Trinajstić information content (AvgIpc) is 3.41. The molecular weight excluding hydrogens is 344 g/mol. The van der Waals surface area contributed by atoms with Crippen LogP contribution in [0.4, 0.5) is 8.78 Å². The molecule has 2 aromatic rings. The molecule has 2 N–H and O–H groups in total. The fourth-order valence-electron chi connectivity index (χ4n) is 2.85. The molecule has 1 fully saturated rings. The lowest BCUT2D eigenvalue weighted by Crippen LogP contribution is -2.25. The second kappa shape index (κ2) is 7.51. The molecule has 0 unspecified atom stereocenters. The normalized spacial score (nSPS) is 18.2. The predicted molar refractivity (Wildman–Crippen MR) is 88.6 cm³/mol. The van der Waals surface area contributed by atoms with Crippen molar-refractivity contribution in [1.29, 1.82) is 0 Å². The van der Waals surface area contributed by atoms with Gasteiger partial charge in [0.15, 0.2) is 18.2 Å². The minimum absolute atomic E-state index is 0.226. The summed E-state index contributed by atoms with van der Waals surface area (Å²) in [5, 5.41) is 11.4. The van der Waals surface area contributed by atoms with E-state index < -0.39 is 24.2 Å². The monoisotopic (exact) mass is 361 g/mol. The van der Waals surface area contributed by atoms with E-state index >= 15 is 0 Å². The smallest absolute Gasteiger partial charge is 0.341 e. The Bertz CT molecular complexity index is 840. The van der Waals surface area contributed by atoms with Crippen LogP contribution >= 0.6 is 0 Å². The zero-order chi connectivity index (χ0) is 18.7. The lowest BCUT2D eigenvalue weighted by molar-refractivity contribution is -0.139. The summed E-state index contributed by atoms with van der Waals surface area (Å²) in [4.78, 5) is 22.7. The number of ether oxygens (including phenoxy) is 1. The number of nitrogens with one attached hydrogen (secondary N) is 1. The zero-order valence-electron chi connectivity index (χ0n) is 13.7. The molecule has 0 aromatic heterocycles. The summed E-state index contributed by atoms with van der Waals surface area (Å²) in [6.45, 7) is -0.212. The van der Waals surface area contributed by atoms with Crippen LogP contribution in [-0.2, 0) is 16.1 Å². The molecule has 0 heterocycles. The van der Waals surface area contributed by atoms with Gasteiger partial charge in [0, 0.05) is 12.5 Å². The molecule has 3 rings (SSSR count). The number of rotatable bonds is 7. The Labute approximate surface area is 148 Å². The summed E-state index contributed by atoms with van der Waals surface area (Å²) in [7, 11) is 0. The lowest BCUT2D eigenvalue weighted by Gasteiger charge is -2.08. The first-order chi connectivity index (χ1) is 12.5. The maximum atomic E-state index is 13.8. The van der Waals surface area contributed by atoms with E-state index in [1.165, 1.54) is 12.1 Å². The Balaban J connectivity index is 1.54. The standard InChI is InChI=1S/C19H17F2NO4/c20-16-6-2-5-13(18(16)21)14-8-15(14)19(25)22-9-11-3-1-4-12(7-11)26-10-17(23)24/h1-7,14-15H,8-10H2,(H,22,25)(H,23,24)/t14-,15-/m0/s1. The third kappa shape index (κ3) is 4.17. The van der Waals surface area contributed by atoms with Gasteiger partial charge < -0.3 is 15.2 Å². The first kappa shape index (κ1) is 17.8. The third-order valence-corrected chi connectivity index (χ3v) is 4.24. The summed E-state index contributed by atoms with van der Waals surface area (Å²) < 4.78 is 32.2. The number of carbonyl (C=O) groups excluding carboxylic acids is 1. The van der Waals surface area contributed by atoms with E-state index in [4.69, 9.17) is 9.84 Å². The molecule has 1 aliphatic rings. The number of hydrogen-bond acceptors (Lipinski definition) is 3. The van der Waals surface area contributed by atoms with E-state index in [9.17, 15) is 18.4 Å². The molecule has 1 saturated carbocycles. The van der Waals surface area contributed by atoms with E-state index in [1.54, 1.807) is 24.3 Å². The minimum atomic E-state index is -1.08. The summed E-state index contributed by atoms with van der Waals surface area (Å²) in [5.41, 5.74) is 0.976. The Morgan fingerprint density at radius 2 is 1.96 bits per heavy atom. The molecule has 0 radical (unpaired) electrons. The quantitative estimate of drug-likeness (QED) is 0.795. The number of carboxylic acid groups (broad SMARTS) is 1. The van der Waals surface area contributed by atoms with Gasteiger partial charge in [0.25, 0.3) is 0 Å².